The number of fused-ring (bicyclic) bond motifs is 1. The largest absolute Gasteiger partial charge is 0.492 e. The molecule has 0 bridgehead atoms. The van der Waals surface area contributed by atoms with Crippen molar-refractivity contribution in [3.63, 3.8) is 0 Å². The Balaban J connectivity index is 1.57. The van der Waals surface area contributed by atoms with Gasteiger partial charge in [-0.15, -0.1) is 5.10 Å². The zero-order valence-corrected chi connectivity index (χ0v) is 17.0. The lowest BCUT2D eigenvalue weighted by molar-refractivity contribution is 0.0241. The van der Waals surface area contributed by atoms with Crippen molar-refractivity contribution >= 4 is 16.3 Å². The lowest BCUT2D eigenvalue weighted by Crippen LogP contribution is -2.39. The van der Waals surface area contributed by atoms with Crippen LogP contribution in [0.1, 0.15) is 22.0 Å². The molecule has 5 rings (SSSR count). The van der Waals surface area contributed by atoms with Crippen LogP contribution in [-0.2, 0) is 4.74 Å². The molecular weight excluding hydrogens is 384 g/mol. The van der Waals surface area contributed by atoms with Crippen LogP contribution in [0.25, 0.3) is 16.3 Å². The van der Waals surface area contributed by atoms with Crippen LogP contribution in [0, 0.1) is 6.92 Å². The van der Waals surface area contributed by atoms with Gasteiger partial charge < -0.3 is 9.84 Å². The summed E-state index contributed by atoms with van der Waals surface area (Å²) in [6.07, 6.45) is 0. The minimum Gasteiger partial charge on any atom is -0.492 e. The molecule has 6 nitrogen and oxygen atoms in total. The number of hydrogen-bond donors (Lipinski definition) is 1. The van der Waals surface area contributed by atoms with Crippen molar-refractivity contribution < 1.29 is 9.84 Å². The Kier molecular flexibility index (Phi) is 4.79. The van der Waals surface area contributed by atoms with E-state index in [1.807, 2.05) is 42.5 Å². The molecular formula is C22H22N4O2S. The van der Waals surface area contributed by atoms with Crippen LogP contribution in [0.5, 0.6) is 5.88 Å². The highest BCUT2D eigenvalue weighted by Crippen LogP contribution is 2.40. The van der Waals surface area contributed by atoms with Crippen LogP contribution in [0.4, 0.5) is 0 Å². The zero-order valence-electron chi connectivity index (χ0n) is 16.2. The van der Waals surface area contributed by atoms with Crippen LogP contribution < -0.4 is 0 Å². The Labute approximate surface area is 173 Å². The summed E-state index contributed by atoms with van der Waals surface area (Å²) in [6.45, 7) is 5.09. The van der Waals surface area contributed by atoms with Gasteiger partial charge in [-0.1, -0.05) is 71.5 Å². The molecule has 1 N–H and O–H groups in total. The van der Waals surface area contributed by atoms with E-state index in [1.54, 1.807) is 4.52 Å². The molecule has 1 fully saturated rings. The molecule has 0 radical (unpaired) electrons. The smallest absolute Gasteiger partial charge is 0.230 e. The third-order valence-corrected chi connectivity index (χ3v) is 6.36. The van der Waals surface area contributed by atoms with E-state index in [2.05, 4.69) is 34.0 Å². The summed E-state index contributed by atoms with van der Waals surface area (Å²) < 4.78 is 7.10. The number of aryl methyl sites for hydroxylation is 1. The van der Waals surface area contributed by atoms with Crippen molar-refractivity contribution in [1.82, 2.24) is 19.5 Å². The lowest BCUT2D eigenvalue weighted by Gasteiger charge is -2.34. The van der Waals surface area contributed by atoms with Gasteiger partial charge in [0.25, 0.3) is 0 Å². The van der Waals surface area contributed by atoms with Crippen LogP contribution in [0.15, 0.2) is 54.6 Å². The number of morpholine rings is 1. The Hall–Kier alpha value is -2.74. The Morgan fingerprint density at radius 1 is 1.03 bits per heavy atom. The summed E-state index contributed by atoms with van der Waals surface area (Å²) in [7, 11) is 0. The van der Waals surface area contributed by atoms with Crippen LogP contribution in [0.2, 0.25) is 0 Å². The predicted molar refractivity (Wildman–Crippen MR) is 113 cm³/mol. The fourth-order valence-corrected chi connectivity index (χ4v) is 4.87. The first kappa shape index (κ1) is 18.3. The van der Waals surface area contributed by atoms with Crippen LogP contribution in [0.3, 0.4) is 0 Å². The van der Waals surface area contributed by atoms with E-state index >= 15 is 0 Å². The van der Waals surface area contributed by atoms with E-state index in [-0.39, 0.29) is 11.9 Å². The van der Waals surface area contributed by atoms with Gasteiger partial charge in [-0.2, -0.15) is 9.50 Å². The molecule has 0 spiro atoms. The second kappa shape index (κ2) is 7.59. The average Bonchev–Trinajstić information content (AvgIpc) is 3.30. The molecule has 3 heterocycles. The number of rotatable bonds is 4. The van der Waals surface area contributed by atoms with Gasteiger partial charge in [-0.05, 0) is 12.5 Å². The van der Waals surface area contributed by atoms with E-state index < -0.39 is 0 Å². The summed E-state index contributed by atoms with van der Waals surface area (Å²) in [4.78, 5) is 8.60. The van der Waals surface area contributed by atoms with Gasteiger partial charge in [0.15, 0.2) is 5.82 Å². The highest BCUT2D eigenvalue weighted by Gasteiger charge is 2.30. The van der Waals surface area contributed by atoms with Gasteiger partial charge in [0.1, 0.15) is 0 Å². The molecule has 0 aliphatic carbocycles. The molecule has 0 amide bonds. The summed E-state index contributed by atoms with van der Waals surface area (Å²) in [6, 6.07) is 18.3. The van der Waals surface area contributed by atoms with Gasteiger partial charge in [-0.25, -0.2) is 0 Å². The van der Waals surface area contributed by atoms with Crippen molar-refractivity contribution in [2.45, 2.75) is 13.0 Å². The molecule has 148 valence electrons. The Morgan fingerprint density at radius 2 is 1.76 bits per heavy atom. The number of benzene rings is 2. The maximum Gasteiger partial charge on any atom is 0.230 e. The number of aromatic nitrogens is 3. The first-order valence-corrected chi connectivity index (χ1v) is 10.5. The average molecular weight is 407 g/mol. The third-order valence-electron chi connectivity index (χ3n) is 5.28. The molecule has 1 aliphatic rings. The van der Waals surface area contributed by atoms with E-state index in [9.17, 15) is 5.11 Å². The second-order valence-corrected chi connectivity index (χ2v) is 8.26. The summed E-state index contributed by atoms with van der Waals surface area (Å²) >= 11 is 1.50. The number of nitrogens with zero attached hydrogens (tertiary/aromatic N) is 4. The molecule has 2 aromatic carbocycles. The van der Waals surface area contributed by atoms with Crippen molar-refractivity contribution in [2.75, 3.05) is 26.3 Å². The van der Waals surface area contributed by atoms with Crippen molar-refractivity contribution in [2.24, 2.45) is 0 Å². The predicted octanol–water partition coefficient (Wildman–Crippen LogP) is 3.89. The fraction of sp³-hybridized carbons (Fsp3) is 0.273. The maximum absolute atomic E-state index is 11.1. The Morgan fingerprint density at radius 3 is 2.45 bits per heavy atom. The summed E-state index contributed by atoms with van der Waals surface area (Å²) in [5.41, 5.74) is 3.28. The molecule has 1 saturated heterocycles. The maximum atomic E-state index is 11.1. The highest BCUT2D eigenvalue weighted by atomic mass is 32.1. The lowest BCUT2D eigenvalue weighted by atomic mass is 10.0. The first-order valence-electron chi connectivity index (χ1n) is 9.73. The van der Waals surface area contributed by atoms with Crippen molar-refractivity contribution in [1.29, 1.82) is 0 Å². The minimum absolute atomic E-state index is 0.0450. The van der Waals surface area contributed by atoms with Gasteiger partial charge in [0.2, 0.25) is 10.8 Å². The van der Waals surface area contributed by atoms with Crippen LogP contribution in [-0.4, -0.2) is 50.9 Å². The first-order chi connectivity index (χ1) is 14.2. The van der Waals surface area contributed by atoms with E-state index in [4.69, 9.17) is 4.74 Å². The van der Waals surface area contributed by atoms with Gasteiger partial charge in [0, 0.05) is 18.7 Å². The van der Waals surface area contributed by atoms with Gasteiger partial charge in [-0.3, -0.25) is 4.90 Å². The number of aromatic hydroxyl groups is 1. The van der Waals surface area contributed by atoms with E-state index in [1.165, 1.54) is 16.9 Å². The number of ether oxygens (including phenoxy) is 1. The second-order valence-electron chi connectivity index (χ2n) is 7.25. The number of hydrogen-bond acceptors (Lipinski definition) is 6. The molecule has 2 aromatic heterocycles. The molecule has 0 saturated carbocycles. The molecule has 4 aromatic rings. The molecule has 1 atom stereocenters. The van der Waals surface area contributed by atoms with Gasteiger partial charge >= 0.3 is 0 Å². The van der Waals surface area contributed by atoms with Crippen molar-refractivity contribution in [3.8, 4) is 17.3 Å². The SMILES string of the molecule is Cc1ccc(-c2nc3sc(C(c4ccccc4)N4CCOCC4)c(O)n3n2)cc1. The highest BCUT2D eigenvalue weighted by molar-refractivity contribution is 7.17. The van der Waals surface area contributed by atoms with Crippen molar-refractivity contribution in [3.05, 3.63) is 70.6 Å². The molecule has 29 heavy (non-hydrogen) atoms. The molecule has 1 aliphatic heterocycles. The van der Waals surface area contributed by atoms with E-state index in [0.29, 0.717) is 24.0 Å². The Bertz CT molecular complexity index is 1120. The molecule has 1 unspecified atom stereocenters. The van der Waals surface area contributed by atoms with E-state index in [0.717, 1.165) is 29.1 Å². The normalized spacial score (nSPS) is 16.3. The summed E-state index contributed by atoms with van der Waals surface area (Å²) in [5, 5.41) is 15.6. The number of thiazole rings is 1. The zero-order chi connectivity index (χ0) is 19.8. The van der Waals surface area contributed by atoms with Crippen LogP contribution >= 0.6 is 11.3 Å². The quantitative estimate of drug-likeness (QED) is 0.557. The summed E-state index contributed by atoms with van der Waals surface area (Å²) in [5.74, 6) is 0.789. The minimum atomic E-state index is -0.0450. The third kappa shape index (κ3) is 3.42. The monoisotopic (exact) mass is 406 g/mol. The fourth-order valence-electron chi connectivity index (χ4n) is 3.75. The standard InChI is InChI=1S/C22H22N4O2S/c1-15-7-9-17(10-8-15)20-23-22-26(24-20)21(27)19(29-22)18(16-5-3-2-4-6-16)25-11-13-28-14-12-25/h2-10,18,27H,11-14H2,1H3. The van der Waals surface area contributed by atoms with Gasteiger partial charge in [0.05, 0.1) is 24.1 Å². The topological polar surface area (TPSA) is 62.9 Å². The molecule has 7 heteroatoms.